The van der Waals surface area contributed by atoms with Crippen LogP contribution in [0.15, 0.2) is 0 Å². The van der Waals surface area contributed by atoms with E-state index in [0.717, 1.165) is 6.04 Å². The summed E-state index contributed by atoms with van der Waals surface area (Å²) in [6.07, 6.45) is 3.87. The van der Waals surface area contributed by atoms with Crippen LogP contribution in [0.3, 0.4) is 0 Å². The van der Waals surface area contributed by atoms with E-state index in [0.29, 0.717) is 17.4 Å². The fourth-order valence-electron chi connectivity index (χ4n) is 3.70. The van der Waals surface area contributed by atoms with Gasteiger partial charge in [0.25, 0.3) is 0 Å². The zero-order valence-corrected chi connectivity index (χ0v) is 12.7. The third-order valence-electron chi connectivity index (χ3n) is 5.39. The molecule has 3 unspecified atom stereocenters. The van der Waals surface area contributed by atoms with Crippen molar-refractivity contribution in [3.63, 3.8) is 0 Å². The largest absolute Gasteiger partial charge is 0.327 e. The first-order chi connectivity index (χ1) is 8.44. The number of likely N-dealkylation sites (N-methyl/N-ethyl adjacent to an activating group) is 1. The van der Waals surface area contributed by atoms with Gasteiger partial charge in [-0.2, -0.15) is 0 Å². The Bertz CT molecular complexity index is 277. The molecule has 0 aromatic rings. The molecule has 3 atom stereocenters. The van der Waals surface area contributed by atoms with Crippen molar-refractivity contribution in [1.29, 1.82) is 0 Å². The molecule has 106 valence electrons. The minimum absolute atomic E-state index is 0.349. The molecule has 0 bridgehead atoms. The second kappa shape index (κ2) is 5.48. The molecule has 0 aromatic carbocycles. The number of hydrogen-bond donors (Lipinski definition) is 1. The first-order valence-electron chi connectivity index (χ1n) is 7.62. The van der Waals surface area contributed by atoms with E-state index in [4.69, 9.17) is 5.73 Å². The standard InChI is InChI=1S/C15H31N3/c1-5-13-11-18(9-8-17(13)4)10-12-6-7-15(2,3)14(12)16/h12-14H,5-11,16H2,1-4H3. The van der Waals surface area contributed by atoms with Crippen molar-refractivity contribution >= 4 is 0 Å². The van der Waals surface area contributed by atoms with E-state index in [1.165, 1.54) is 45.4 Å². The summed E-state index contributed by atoms with van der Waals surface area (Å²) in [6.45, 7) is 11.8. The molecule has 0 aromatic heterocycles. The van der Waals surface area contributed by atoms with Crippen LogP contribution >= 0.6 is 0 Å². The van der Waals surface area contributed by atoms with E-state index in [9.17, 15) is 0 Å². The van der Waals surface area contributed by atoms with Crippen LogP contribution in [-0.4, -0.2) is 55.1 Å². The molecular formula is C15H31N3. The number of hydrogen-bond acceptors (Lipinski definition) is 3. The summed E-state index contributed by atoms with van der Waals surface area (Å²) in [5, 5.41) is 0. The predicted molar refractivity (Wildman–Crippen MR) is 77.6 cm³/mol. The molecule has 3 nitrogen and oxygen atoms in total. The van der Waals surface area contributed by atoms with E-state index in [2.05, 4.69) is 37.6 Å². The van der Waals surface area contributed by atoms with Crippen molar-refractivity contribution in [2.45, 2.75) is 52.1 Å². The summed E-state index contributed by atoms with van der Waals surface area (Å²) >= 11 is 0. The average Bonchev–Trinajstić information content (AvgIpc) is 2.59. The van der Waals surface area contributed by atoms with Gasteiger partial charge in [-0.15, -0.1) is 0 Å². The van der Waals surface area contributed by atoms with E-state index in [1.54, 1.807) is 0 Å². The lowest BCUT2D eigenvalue weighted by Gasteiger charge is -2.41. The highest BCUT2D eigenvalue weighted by molar-refractivity contribution is 4.95. The SMILES string of the molecule is CCC1CN(CC2CCC(C)(C)C2N)CCN1C. The molecule has 3 heteroatoms. The average molecular weight is 253 g/mol. The lowest BCUT2D eigenvalue weighted by atomic mass is 9.85. The van der Waals surface area contributed by atoms with Crippen LogP contribution in [0, 0.1) is 11.3 Å². The maximum absolute atomic E-state index is 6.43. The van der Waals surface area contributed by atoms with Gasteiger partial charge in [-0.1, -0.05) is 20.8 Å². The lowest BCUT2D eigenvalue weighted by molar-refractivity contribution is 0.0780. The van der Waals surface area contributed by atoms with Crippen LogP contribution < -0.4 is 5.73 Å². The van der Waals surface area contributed by atoms with E-state index in [-0.39, 0.29) is 0 Å². The van der Waals surface area contributed by atoms with Gasteiger partial charge in [0.2, 0.25) is 0 Å². The van der Waals surface area contributed by atoms with Crippen LogP contribution in [-0.2, 0) is 0 Å². The van der Waals surface area contributed by atoms with Crippen molar-refractivity contribution in [3.05, 3.63) is 0 Å². The van der Waals surface area contributed by atoms with Gasteiger partial charge >= 0.3 is 0 Å². The molecule has 1 saturated carbocycles. The number of nitrogens with two attached hydrogens (primary N) is 1. The number of piperazine rings is 1. The molecule has 1 aliphatic heterocycles. The van der Waals surface area contributed by atoms with Crippen LogP contribution in [0.25, 0.3) is 0 Å². The fraction of sp³-hybridized carbons (Fsp3) is 1.00. The summed E-state index contributed by atoms with van der Waals surface area (Å²) in [4.78, 5) is 5.16. The van der Waals surface area contributed by atoms with Gasteiger partial charge in [-0.25, -0.2) is 0 Å². The van der Waals surface area contributed by atoms with Gasteiger partial charge in [-0.05, 0) is 37.6 Å². The molecule has 1 saturated heterocycles. The van der Waals surface area contributed by atoms with Crippen LogP contribution in [0.1, 0.15) is 40.0 Å². The van der Waals surface area contributed by atoms with Gasteiger partial charge in [0.05, 0.1) is 0 Å². The highest BCUT2D eigenvalue weighted by Gasteiger charge is 2.40. The number of nitrogens with zero attached hydrogens (tertiary/aromatic N) is 2. The molecular weight excluding hydrogens is 222 g/mol. The van der Waals surface area contributed by atoms with E-state index in [1.807, 2.05) is 0 Å². The molecule has 1 aliphatic carbocycles. The quantitative estimate of drug-likeness (QED) is 0.832. The maximum Gasteiger partial charge on any atom is 0.0218 e. The molecule has 2 fully saturated rings. The smallest absolute Gasteiger partial charge is 0.0218 e. The van der Waals surface area contributed by atoms with Crippen LogP contribution in [0.2, 0.25) is 0 Å². The highest BCUT2D eigenvalue weighted by Crippen LogP contribution is 2.40. The summed E-state index contributed by atoms with van der Waals surface area (Å²) < 4.78 is 0. The third kappa shape index (κ3) is 2.89. The van der Waals surface area contributed by atoms with Crippen molar-refractivity contribution in [1.82, 2.24) is 9.80 Å². The molecule has 2 N–H and O–H groups in total. The Morgan fingerprint density at radius 3 is 2.56 bits per heavy atom. The van der Waals surface area contributed by atoms with E-state index < -0.39 is 0 Å². The van der Waals surface area contributed by atoms with Crippen molar-refractivity contribution in [2.24, 2.45) is 17.1 Å². The fourth-order valence-corrected chi connectivity index (χ4v) is 3.70. The molecule has 0 spiro atoms. The second-order valence-electron chi connectivity index (χ2n) is 7.12. The Morgan fingerprint density at radius 1 is 1.28 bits per heavy atom. The monoisotopic (exact) mass is 253 g/mol. The molecule has 1 heterocycles. The molecule has 2 rings (SSSR count). The summed E-state index contributed by atoms with van der Waals surface area (Å²) in [7, 11) is 2.26. The molecule has 18 heavy (non-hydrogen) atoms. The van der Waals surface area contributed by atoms with Gasteiger partial charge in [0.15, 0.2) is 0 Å². The van der Waals surface area contributed by atoms with Crippen molar-refractivity contribution < 1.29 is 0 Å². The van der Waals surface area contributed by atoms with Crippen LogP contribution in [0.5, 0.6) is 0 Å². The second-order valence-corrected chi connectivity index (χ2v) is 7.12. The van der Waals surface area contributed by atoms with Gasteiger partial charge < -0.3 is 15.5 Å². The van der Waals surface area contributed by atoms with Crippen LogP contribution in [0.4, 0.5) is 0 Å². The zero-order valence-electron chi connectivity index (χ0n) is 12.7. The summed E-state index contributed by atoms with van der Waals surface area (Å²) in [6, 6.07) is 1.13. The first-order valence-corrected chi connectivity index (χ1v) is 7.62. The summed E-state index contributed by atoms with van der Waals surface area (Å²) in [5.41, 5.74) is 6.78. The Kier molecular flexibility index (Phi) is 4.35. The van der Waals surface area contributed by atoms with Gasteiger partial charge in [0.1, 0.15) is 0 Å². The minimum Gasteiger partial charge on any atom is -0.327 e. The van der Waals surface area contributed by atoms with Gasteiger partial charge in [0, 0.05) is 38.3 Å². The van der Waals surface area contributed by atoms with Crippen molar-refractivity contribution in [3.8, 4) is 0 Å². The Labute approximate surface area is 113 Å². The maximum atomic E-state index is 6.43. The number of rotatable bonds is 3. The Morgan fingerprint density at radius 2 is 2.00 bits per heavy atom. The predicted octanol–water partition coefficient (Wildman–Crippen LogP) is 1.78. The van der Waals surface area contributed by atoms with Gasteiger partial charge in [-0.3, -0.25) is 0 Å². The highest BCUT2D eigenvalue weighted by atomic mass is 15.3. The summed E-state index contributed by atoms with van der Waals surface area (Å²) in [5.74, 6) is 0.709. The van der Waals surface area contributed by atoms with E-state index >= 15 is 0 Å². The lowest BCUT2D eigenvalue weighted by Crippen LogP contribution is -2.53. The Balaban J connectivity index is 1.87. The topological polar surface area (TPSA) is 32.5 Å². The zero-order chi connectivity index (χ0) is 13.3. The molecule has 0 radical (unpaired) electrons. The first kappa shape index (κ1) is 14.3. The Hall–Kier alpha value is -0.120. The molecule has 0 amide bonds. The molecule has 2 aliphatic rings. The normalized spacial score (nSPS) is 38.2. The minimum atomic E-state index is 0.349. The third-order valence-corrected chi connectivity index (χ3v) is 5.39. The van der Waals surface area contributed by atoms with Crippen molar-refractivity contribution in [2.75, 3.05) is 33.2 Å².